The van der Waals surface area contributed by atoms with Gasteiger partial charge in [0, 0.05) is 0 Å². The molecule has 4 heteroatoms. The second kappa shape index (κ2) is 5.68. The summed E-state index contributed by atoms with van der Waals surface area (Å²) in [5.41, 5.74) is 4.85. The van der Waals surface area contributed by atoms with Gasteiger partial charge in [-0.15, -0.1) is 0 Å². The Balaban J connectivity index is 1.77. The van der Waals surface area contributed by atoms with Gasteiger partial charge in [-0.25, -0.2) is 0 Å². The van der Waals surface area contributed by atoms with E-state index in [1.165, 1.54) is 16.7 Å². The molecule has 0 saturated carbocycles. The van der Waals surface area contributed by atoms with E-state index in [0.29, 0.717) is 17.2 Å². The van der Waals surface area contributed by atoms with Crippen molar-refractivity contribution >= 4 is 19.6 Å². The van der Waals surface area contributed by atoms with E-state index in [9.17, 15) is 8.63 Å². The molecule has 0 bridgehead atoms. The number of Topliss-reactive ketones (excluding diaryl/α,β-unsaturated/α-hetero) is 1. The number of hydrogen-bond acceptors (Lipinski definition) is 3. The van der Waals surface area contributed by atoms with Crippen LogP contribution in [-0.2, 0) is 15.1 Å². The molecule has 1 aromatic rings. The van der Waals surface area contributed by atoms with E-state index in [1.807, 2.05) is 6.07 Å². The third kappa shape index (κ3) is 2.35. The maximum absolute atomic E-state index is 13.1. The summed E-state index contributed by atoms with van der Waals surface area (Å²) in [6.45, 7) is 1.66. The molecule has 0 N–H and O–H groups in total. The van der Waals surface area contributed by atoms with E-state index in [0.717, 1.165) is 37.0 Å². The maximum atomic E-state index is 13.1. The van der Waals surface area contributed by atoms with Crippen LogP contribution in [0.5, 0.6) is 5.75 Å². The van der Waals surface area contributed by atoms with Crippen LogP contribution in [0.3, 0.4) is 0 Å². The van der Waals surface area contributed by atoms with Crippen LogP contribution in [-0.4, -0.2) is 26.7 Å². The fraction of sp³-hybridized carbons (Fsp3) is 0.526. The van der Waals surface area contributed by atoms with Gasteiger partial charge in [-0.3, -0.25) is 0 Å². The molecule has 3 nitrogen and oxygen atoms in total. The Morgan fingerprint density at radius 1 is 1.26 bits per heavy atom. The Morgan fingerprint density at radius 3 is 2.83 bits per heavy atom. The fourth-order valence-electron chi connectivity index (χ4n) is 4.82. The number of allylic oxidation sites excluding steroid dienone is 2. The van der Waals surface area contributed by atoms with Crippen molar-refractivity contribution in [3.63, 3.8) is 0 Å². The number of methoxy groups -OCH3 is 1. The number of hydrogen-bond donors (Lipinski definition) is 0. The number of ketones is 1. The summed E-state index contributed by atoms with van der Waals surface area (Å²) in [5.74, 6) is 1.99. The summed E-state index contributed by atoms with van der Waals surface area (Å²) in [6.07, 6.45) is 4.12. The number of fused-ring (bicyclic) bond motifs is 5. The first-order chi connectivity index (χ1) is 11.1. The standard InChI is InChI=1S/C19H22O3Se/c1-11(20)14-7-8-15-16-6-4-12-3-5-13(22-2)9-17(12)19(16)23(21)10-18(14)15/h3,5,9,15-16,19H,4,6-8,10H2,1-2H3/t15-,16-,19-,23?/m0/s1. The number of carbonyl (C=O) groups excluding carboxylic acids is 1. The van der Waals surface area contributed by atoms with Crippen LogP contribution in [0.2, 0.25) is 5.32 Å². The van der Waals surface area contributed by atoms with E-state index >= 15 is 0 Å². The number of benzene rings is 1. The molecule has 3 aliphatic rings. The van der Waals surface area contributed by atoms with Crippen LogP contribution in [0.25, 0.3) is 0 Å². The summed E-state index contributed by atoms with van der Waals surface area (Å²) in [7, 11) is 1.69. The number of aryl methyl sites for hydroxylation is 1. The molecule has 1 heterocycles. The molecule has 0 radical (unpaired) electrons. The molecule has 0 spiro atoms. The van der Waals surface area contributed by atoms with Crippen molar-refractivity contribution in [1.82, 2.24) is 0 Å². The molecule has 1 aliphatic heterocycles. The van der Waals surface area contributed by atoms with Gasteiger partial charge in [-0.2, -0.15) is 0 Å². The van der Waals surface area contributed by atoms with Crippen molar-refractivity contribution in [2.24, 2.45) is 11.8 Å². The average molecular weight is 377 g/mol. The number of ether oxygens (including phenoxy) is 1. The summed E-state index contributed by atoms with van der Waals surface area (Å²) in [5, 5.41) is 0.678. The van der Waals surface area contributed by atoms with Crippen LogP contribution in [0.1, 0.15) is 42.1 Å². The Morgan fingerprint density at radius 2 is 2.09 bits per heavy atom. The zero-order valence-corrected chi connectivity index (χ0v) is 15.3. The molecule has 23 heavy (non-hydrogen) atoms. The van der Waals surface area contributed by atoms with Gasteiger partial charge in [0.1, 0.15) is 0 Å². The predicted octanol–water partition coefficient (Wildman–Crippen LogP) is 3.61. The molecular formula is C19H22O3Se. The Labute approximate surface area is 141 Å². The van der Waals surface area contributed by atoms with Gasteiger partial charge in [0.25, 0.3) is 0 Å². The van der Waals surface area contributed by atoms with Crippen LogP contribution in [0, 0.1) is 11.8 Å². The molecule has 1 saturated heterocycles. The quantitative estimate of drug-likeness (QED) is 0.740. The average Bonchev–Trinajstić information content (AvgIpc) is 2.97. The van der Waals surface area contributed by atoms with Crippen LogP contribution >= 0.6 is 0 Å². The Hall–Kier alpha value is -1.25. The van der Waals surface area contributed by atoms with Gasteiger partial charge < -0.3 is 0 Å². The van der Waals surface area contributed by atoms with Crippen molar-refractivity contribution in [2.45, 2.75) is 42.7 Å². The molecule has 1 aromatic carbocycles. The molecule has 4 atom stereocenters. The van der Waals surface area contributed by atoms with Gasteiger partial charge in [-0.05, 0) is 0 Å². The zero-order chi connectivity index (χ0) is 16.1. The minimum absolute atomic E-state index is 0.192. The van der Waals surface area contributed by atoms with Crippen molar-refractivity contribution in [2.75, 3.05) is 7.11 Å². The molecule has 0 aromatic heterocycles. The molecule has 1 unspecified atom stereocenters. The molecule has 4 rings (SSSR count). The van der Waals surface area contributed by atoms with Gasteiger partial charge >= 0.3 is 141 Å². The van der Waals surface area contributed by atoms with E-state index in [-0.39, 0.29) is 10.6 Å². The Kier molecular flexibility index (Phi) is 3.77. The van der Waals surface area contributed by atoms with E-state index in [4.69, 9.17) is 4.74 Å². The molecular weight excluding hydrogens is 355 g/mol. The molecule has 1 fully saturated rings. The van der Waals surface area contributed by atoms with E-state index < -0.39 is 13.8 Å². The second-order valence-corrected chi connectivity index (χ2v) is 10.2. The SMILES string of the molecule is COc1ccc2c(c1)[C@@H]1[C@@H](CC2)[C@@H]2CCC(C(C)=O)=C2C[Se]1=O. The first-order valence-corrected chi connectivity index (χ1v) is 11.3. The van der Waals surface area contributed by atoms with Crippen LogP contribution < -0.4 is 4.74 Å². The summed E-state index contributed by atoms with van der Waals surface area (Å²) in [4.78, 5) is 12.1. The molecule has 2 aliphatic carbocycles. The number of carbonyl (C=O) groups is 1. The van der Waals surface area contributed by atoms with Crippen molar-refractivity contribution in [1.29, 1.82) is 0 Å². The van der Waals surface area contributed by atoms with Crippen LogP contribution in [0.4, 0.5) is 0 Å². The third-order valence-corrected chi connectivity index (χ3v) is 9.56. The van der Waals surface area contributed by atoms with Gasteiger partial charge in [0.05, 0.1) is 0 Å². The second-order valence-electron chi connectivity index (χ2n) is 6.92. The van der Waals surface area contributed by atoms with Crippen LogP contribution in [0.15, 0.2) is 29.3 Å². The van der Waals surface area contributed by atoms with Crippen molar-refractivity contribution in [3.05, 3.63) is 40.5 Å². The number of rotatable bonds is 2. The van der Waals surface area contributed by atoms with E-state index in [1.54, 1.807) is 14.0 Å². The summed E-state index contributed by atoms with van der Waals surface area (Å²) in [6, 6.07) is 6.26. The first-order valence-electron chi connectivity index (χ1n) is 8.37. The zero-order valence-electron chi connectivity index (χ0n) is 13.6. The third-order valence-electron chi connectivity index (χ3n) is 5.86. The Bertz CT molecular complexity index is 734. The topological polar surface area (TPSA) is 43.4 Å². The fourth-order valence-corrected chi connectivity index (χ4v) is 9.21. The normalized spacial score (nSPS) is 32.1. The first kappa shape index (κ1) is 15.3. The van der Waals surface area contributed by atoms with Crippen molar-refractivity contribution < 1.29 is 13.4 Å². The van der Waals surface area contributed by atoms with Gasteiger partial charge in [0.2, 0.25) is 0 Å². The summed E-state index contributed by atoms with van der Waals surface area (Å²) < 4.78 is 18.5. The predicted molar refractivity (Wildman–Crippen MR) is 89.2 cm³/mol. The van der Waals surface area contributed by atoms with E-state index in [2.05, 4.69) is 12.1 Å². The molecule has 0 amide bonds. The summed E-state index contributed by atoms with van der Waals surface area (Å²) >= 11 is -2.02. The van der Waals surface area contributed by atoms with Gasteiger partial charge in [-0.1, -0.05) is 0 Å². The molecule has 122 valence electrons. The van der Waals surface area contributed by atoms with Gasteiger partial charge in [0.15, 0.2) is 0 Å². The minimum atomic E-state index is -2.02. The van der Waals surface area contributed by atoms with Crippen molar-refractivity contribution in [3.8, 4) is 5.75 Å². The monoisotopic (exact) mass is 378 g/mol.